The summed E-state index contributed by atoms with van der Waals surface area (Å²) < 4.78 is 0. The van der Waals surface area contributed by atoms with Gasteiger partial charge < -0.3 is 0 Å². The molecule has 0 fully saturated rings. The molecule has 0 bridgehead atoms. The maximum Gasteiger partial charge on any atom is -0.000741 e. The van der Waals surface area contributed by atoms with Crippen LogP contribution in [0.15, 0.2) is 115 Å². The Morgan fingerprint density at radius 3 is 1.66 bits per heavy atom. The fourth-order valence-electron chi connectivity index (χ4n) is 6.41. The van der Waals surface area contributed by atoms with Gasteiger partial charge in [-0.3, -0.25) is 0 Å². The number of benzene rings is 5. The Bertz CT molecular complexity index is 1800. The highest BCUT2D eigenvalue weighted by atomic mass is 14.4. The van der Waals surface area contributed by atoms with Gasteiger partial charge in [-0.2, -0.15) is 0 Å². The van der Waals surface area contributed by atoms with E-state index in [1.165, 1.54) is 77.6 Å². The lowest BCUT2D eigenvalue weighted by Gasteiger charge is -2.14. The minimum Gasteiger partial charge on any atom is -0.0795 e. The second-order valence-corrected chi connectivity index (χ2v) is 9.60. The Morgan fingerprint density at radius 2 is 0.914 bits per heavy atom. The summed E-state index contributed by atoms with van der Waals surface area (Å²) in [7, 11) is 0. The molecule has 0 heterocycles. The van der Waals surface area contributed by atoms with Gasteiger partial charge in [-0.1, -0.05) is 121 Å². The van der Waals surface area contributed by atoms with Crippen LogP contribution in [0.5, 0.6) is 0 Å². The fourth-order valence-corrected chi connectivity index (χ4v) is 6.41. The van der Waals surface area contributed by atoms with E-state index >= 15 is 0 Å². The number of hydrogen-bond donors (Lipinski definition) is 0. The Kier molecular flexibility index (Phi) is 3.81. The lowest BCUT2D eigenvalue weighted by Crippen LogP contribution is -1.95. The predicted molar refractivity (Wildman–Crippen MR) is 148 cm³/mol. The van der Waals surface area contributed by atoms with Crippen LogP contribution < -0.4 is 0 Å². The lowest BCUT2D eigenvalue weighted by atomic mass is 9.89. The molecule has 0 amide bonds. The van der Waals surface area contributed by atoms with E-state index in [0.717, 1.165) is 6.42 Å². The van der Waals surface area contributed by atoms with Crippen molar-refractivity contribution in [2.75, 3.05) is 0 Å². The Hall–Kier alpha value is -4.42. The first kappa shape index (κ1) is 18.9. The smallest absolute Gasteiger partial charge is 0.000741 e. The van der Waals surface area contributed by atoms with Gasteiger partial charge >= 0.3 is 0 Å². The molecule has 0 N–H and O–H groups in total. The molecule has 5 aromatic rings. The molecule has 162 valence electrons. The number of allylic oxidation sites excluding steroid dienone is 3. The molecule has 35 heavy (non-hydrogen) atoms. The van der Waals surface area contributed by atoms with Crippen molar-refractivity contribution in [2.45, 2.75) is 6.42 Å². The zero-order valence-electron chi connectivity index (χ0n) is 19.3. The Balaban J connectivity index is 1.55. The van der Waals surface area contributed by atoms with Crippen LogP contribution in [0.4, 0.5) is 0 Å². The van der Waals surface area contributed by atoms with E-state index in [4.69, 9.17) is 0 Å². The van der Waals surface area contributed by atoms with Crippen LogP contribution in [0.3, 0.4) is 0 Å². The Morgan fingerprint density at radius 1 is 0.400 bits per heavy atom. The molecule has 0 aliphatic heterocycles. The highest BCUT2D eigenvalue weighted by Gasteiger charge is 2.38. The van der Waals surface area contributed by atoms with Gasteiger partial charge in [0.25, 0.3) is 0 Å². The average molecular weight is 443 g/mol. The molecule has 8 rings (SSSR count). The van der Waals surface area contributed by atoms with Crippen molar-refractivity contribution >= 4 is 39.1 Å². The molecular formula is C35H22. The highest BCUT2D eigenvalue weighted by molar-refractivity contribution is 6.36. The number of fused-ring (bicyclic) bond motifs is 7. The first-order valence-electron chi connectivity index (χ1n) is 12.4. The molecule has 0 saturated carbocycles. The van der Waals surface area contributed by atoms with Crippen molar-refractivity contribution in [3.05, 3.63) is 160 Å². The first-order chi connectivity index (χ1) is 17.4. The summed E-state index contributed by atoms with van der Waals surface area (Å²) in [5, 5.41) is 2.59. The lowest BCUT2D eigenvalue weighted by molar-refractivity contribution is 1.30. The zero-order valence-corrected chi connectivity index (χ0v) is 19.3. The SMILES string of the molecule is C1=Cc2c(cccc2C2=C3C(=C(c4cccc5ccccc45)c4ccccc43)c3ccccc32)C1. The maximum atomic E-state index is 2.31. The topological polar surface area (TPSA) is 0 Å². The third-order valence-corrected chi connectivity index (χ3v) is 7.83. The predicted octanol–water partition coefficient (Wildman–Crippen LogP) is 8.65. The quantitative estimate of drug-likeness (QED) is 0.257. The van der Waals surface area contributed by atoms with E-state index in [0.29, 0.717) is 0 Å². The van der Waals surface area contributed by atoms with E-state index in [1.807, 2.05) is 0 Å². The second kappa shape index (κ2) is 7.04. The molecule has 0 saturated heterocycles. The van der Waals surface area contributed by atoms with E-state index in [2.05, 4.69) is 121 Å². The zero-order chi connectivity index (χ0) is 22.9. The molecule has 0 spiro atoms. The third kappa shape index (κ3) is 2.52. The molecule has 0 heteroatoms. The van der Waals surface area contributed by atoms with Gasteiger partial charge in [0.2, 0.25) is 0 Å². The summed E-state index contributed by atoms with van der Waals surface area (Å²) in [4.78, 5) is 0. The summed E-state index contributed by atoms with van der Waals surface area (Å²) in [6, 6.07) is 40.3. The van der Waals surface area contributed by atoms with Crippen LogP contribution in [0, 0.1) is 0 Å². The first-order valence-corrected chi connectivity index (χ1v) is 12.4. The van der Waals surface area contributed by atoms with Gasteiger partial charge in [0.15, 0.2) is 0 Å². The number of hydrogen-bond acceptors (Lipinski definition) is 0. The van der Waals surface area contributed by atoms with Gasteiger partial charge in [0, 0.05) is 0 Å². The van der Waals surface area contributed by atoms with Gasteiger partial charge in [-0.05, 0) is 84.0 Å². The van der Waals surface area contributed by atoms with Gasteiger partial charge in [-0.25, -0.2) is 0 Å². The number of rotatable bonds is 2. The monoisotopic (exact) mass is 442 g/mol. The van der Waals surface area contributed by atoms with Gasteiger partial charge in [-0.15, -0.1) is 0 Å². The van der Waals surface area contributed by atoms with Crippen molar-refractivity contribution in [1.82, 2.24) is 0 Å². The van der Waals surface area contributed by atoms with Crippen molar-refractivity contribution in [2.24, 2.45) is 0 Å². The van der Waals surface area contributed by atoms with Crippen LogP contribution in [0.25, 0.3) is 39.1 Å². The van der Waals surface area contributed by atoms with Crippen LogP contribution >= 0.6 is 0 Å². The summed E-state index contributed by atoms with van der Waals surface area (Å²) in [6.07, 6.45) is 5.63. The second-order valence-electron chi connectivity index (χ2n) is 9.60. The molecule has 0 atom stereocenters. The Labute approximate surface area is 205 Å². The largest absolute Gasteiger partial charge is 0.0795 e. The maximum absolute atomic E-state index is 2.31. The van der Waals surface area contributed by atoms with E-state index in [-0.39, 0.29) is 0 Å². The van der Waals surface area contributed by atoms with Gasteiger partial charge in [0.1, 0.15) is 0 Å². The molecule has 3 aliphatic rings. The molecule has 0 aromatic heterocycles. The van der Waals surface area contributed by atoms with Crippen molar-refractivity contribution in [3.8, 4) is 0 Å². The normalized spacial score (nSPS) is 15.0. The standard InChI is InChI=1S/C35H22/c1-2-14-24-22(10-1)12-8-20-26(24)32-28-15-3-5-17-30(28)35-33(29-16-4-6-18-31(29)34(32)35)27-21-9-13-23-11-7-19-25(23)27/h1-10,12-21H,11H2. The third-order valence-electron chi connectivity index (χ3n) is 7.83. The summed E-state index contributed by atoms with van der Waals surface area (Å²) in [5.74, 6) is 0. The molecule has 0 nitrogen and oxygen atoms in total. The minimum absolute atomic E-state index is 1.02. The van der Waals surface area contributed by atoms with Crippen molar-refractivity contribution in [3.63, 3.8) is 0 Å². The molecular weight excluding hydrogens is 420 g/mol. The van der Waals surface area contributed by atoms with Crippen LogP contribution in [0.2, 0.25) is 0 Å². The molecule has 5 aromatic carbocycles. The highest BCUT2D eigenvalue weighted by Crippen LogP contribution is 2.59. The van der Waals surface area contributed by atoms with Crippen molar-refractivity contribution in [1.29, 1.82) is 0 Å². The fraction of sp³-hybridized carbons (Fsp3) is 0.0286. The van der Waals surface area contributed by atoms with E-state index in [9.17, 15) is 0 Å². The van der Waals surface area contributed by atoms with Gasteiger partial charge in [0.05, 0.1) is 0 Å². The molecule has 3 aliphatic carbocycles. The van der Waals surface area contributed by atoms with Crippen LogP contribution in [-0.2, 0) is 6.42 Å². The molecule has 0 unspecified atom stereocenters. The minimum atomic E-state index is 1.02. The summed E-state index contributed by atoms with van der Waals surface area (Å²) >= 11 is 0. The van der Waals surface area contributed by atoms with E-state index < -0.39 is 0 Å². The average Bonchev–Trinajstić information content (AvgIpc) is 3.61. The van der Waals surface area contributed by atoms with Crippen molar-refractivity contribution < 1.29 is 0 Å². The van der Waals surface area contributed by atoms with E-state index in [1.54, 1.807) is 0 Å². The van der Waals surface area contributed by atoms with Crippen LogP contribution in [-0.4, -0.2) is 0 Å². The molecule has 0 radical (unpaired) electrons. The summed E-state index contributed by atoms with van der Waals surface area (Å²) in [6.45, 7) is 0. The summed E-state index contributed by atoms with van der Waals surface area (Å²) in [5.41, 5.74) is 16.3. The van der Waals surface area contributed by atoms with Crippen LogP contribution in [0.1, 0.15) is 44.5 Å².